The molecule has 27 heteroatoms. The van der Waals surface area contributed by atoms with E-state index in [4.69, 9.17) is 21.7 Å². The molecule has 19 N–H and O–H groups in total. The molecule has 4 rings (SSSR count). The molecule has 2 aromatic rings. The number of Topliss-reactive ketones (excluding diaryl/α,β-unsaturated/α-hetero) is 2. The highest BCUT2D eigenvalue weighted by Gasteiger charge is 2.41. The van der Waals surface area contributed by atoms with Gasteiger partial charge in [0.15, 0.2) is 11.6 Å². The number of hydrogen-bond donors (Lipinski definition) is 17. The third-order valence-corrected chi connectivity index (χ3v) is 10.8. The summed E-state index contributed by atoms with van der Waals surface area (Å²) < 4.78 is 0. The number of phenols is 2. The molecule has 0 unspecified atom stereocenters. The molecule has 0 saturated heterocycles. The average Bonchev–Trinajstić information content (AvgIpc) is 3.31. The van der Waals surface area contributed by atoms with Crippen LogP contribution in [0.15, 0.2) is 36.4 Å². The van der Waals surface area contributed by atoms with Gasteiger partial charge in [0.25, 0.3) is 0 Å². The lowest BCUT2D eigenvalue weighted by Crippen LogP contribution is -2.60. The largest absolute Gasteiger partial charge is 0.508 e. The maximum absolute atomic E-state index is 13.2. The molecule has 2 aromatic carbocycles. The van der Waals surface area contributed by atoms with Crippen LogP contribution in [0.1, 0.15) is 54.8 Å². The lowest BCUT2D eigenvalue weighted by Gasteiger charge is -2.31. The van der Waals surface area contributed by atoms with Crippen molar-refractivity contribution >= 4 is 70.2 Å². The Morgan fingerprint density at radius 2 is 1.06 bits per heavy atom. The molecule has 0 radical (unpaired) electrons. The van der Waals surface area contributed by atoms with E-state index >= 15 is 0 Å². The number of ketones is 2. The van der Waals surface area contributed by atoms with E-state index in [0.29, 0.717) is 0 Å². The summed E-state index contributed by atoms with van der Waals surface area (Å²) in [6.45, 7) is 2.78. The summed E-state index contributed by atoms with van der Waals surface area (Å²) in [6, 6.07) is -1.23. The molecule has 2 aliphatic heterocycles. The lowest BCUT2D eigenvalue weighted by atomic mass is 9.89. The van der Waals surface area contributed by atoms with E-state index in [0.717, 1.165) is 24.3 Å². The van der Waals surface area contributed by atoms with Crippen LogP contribution in [0.5, 0.6) is 11.5 Å². The number of amides is 8. The normalized spacial score (nSPS) is 26.4. The number of carbonyl (C=O) groups excluding carboxylic acids is 10. The Kier molecular flexibility index (Phi) is 20.6. The standard InChI is InChI=1S/C21H29N5O9.C21H29N5O8/c1-8-16(30)15(26-21(35)12(22)7-27)18(32)17(31)11-4-3-10(28)5-13(11)25-20(34)9(2)24-14(29)6-23-19(8)33;1-9-18(31)15(26-21(34)13(22)8-27)6-16(29)12-4-3-11(28)5-14(12)25-20(33)10(2)24-17(30)7-23-19(9)32/h3-5,8-9,12,15-16,18,27-28,30,32H,6-7,22H2,1-2H3,(H,23,33)(H,24,29)(H,25,34)(H,26,35);3-5,9-10,13,15,18,27-28,31H,6-8,22H2,1-2H3,(H,23,32)(H,24,30)(H,25,33)(H,26,34)/t8-,9+,12-,15-,16+,18+;9-,10+,13-,15+,18+/m00/s1. The Hall–Kier alpha value is -7.14. The molecule has 27 nitrogen and oxygen atoms in total. The first kappa shape index (κ1) is 56.2. The fourth-order valence-electron chi connectivity index (χ4n) is 6.52. The van der Waals surface area contributed by atoms with E-state index in [1.807, 2.05) is 0 Å². The van der Waals surface area contributed by atoms with E-state index in [9.17, 15) is 73.5 Å². The van der Waals surface area contributed by atoms with Gasteiger partial charge in [-0.25, -0.2) is 0 Å². The third kappa shape index (κ3) is 15.4. The first-order valence-corrected chi connectivity index (χ1v) is 21.2. The zero-order valence-electron chi connectivity index (χ0n) is 37.7. The second-order valence-corrected chi connectivity index (χ2v) is 16.2. The number of nitrogens with one attached hydrogen (secondary N) is 8. The van der Waals surface area contributed by atoms with E-state index in [1.54, 1.807) is 0 Å². The quantitative estimate of drug-likeness (QED) is 0.128. The van der Waals surface area contributed by atoms with Crippen LogP contribution in [0.2, 0.25) is 0 Å². The zero-order valence-corrected chi connectivity index (χ0v) is 37.7. The average molecular weight is 975 g/mol. The van der Waals surface area contributed by atoms with Gasteiger partial charge in [0, 0.05) is 29.7 Å². The van der Waals surface area contributed by atoms with Crippen LogP contribution in [0.3, 0.4) is 0 Å². The van der Waals surface area contributed by atoms with Gasteiger partial charge in [-0.3, -0.25) is 47.9 Å². The predicted octanol–water partition coefficient (Wildman–Crippen LogP) is -6.35. The van der Waals surface area contributed by atoms with Crippen LogP contribution in [0, 0.1) is 11.8 Å². The molecule has 2 aliphatic rings. The fraction of sp³-hybridized carbons (Fsp3) is 0.476. The summed E-state index contributed by atoms with van der Waals surface area (Å²) in [4.78, 5) is 125. The Morgan fingerprint density at radius 3 is 1.52 bits per heavy atom. The SMILES string of the molecule is C[C@@H]1C(=O)NCC(=O)N[C@H](C)C(=O)Nc2cc(O)ccc2C(=O)C[C@@H](NC(=O)[C@@H](N)CO)[C@@H]1O.C[C@@H]1C(=O)NCC(=O)N[C@H](C)C(=O)Nc2cc(O)ccc2C(=O)[C@H](O)[C@@H](NC(=O)[C@@H](N)CO)[C@@H]1O. The molecule has 0 fully saturated rings. The Bertz CT molecular complexity index is 2280. The van der Waals surface area contributed by atoms with Gasteiger partial charge in [-0.05, 0) is 38.1 Å². The first-order chi connectivity index (χ1) is 32.3. The second kappa shape index (κ2) is 25.3. The van der Waals surface area contributed by atoms with Gasteiger partial charge in [0.1, 0.15) is 41.8 Å². The van der Waals surface area contributed by atoms with E-state index in [1.165, 1.54) is 39.8 Å². The van der Waals surface area contributed by atoms with Gasteiger partial charge in [0.05, 0.1) is 73.8 Å². The number of aliphatic hydroxyl groups is 5. The number of carbonyl (C=O) groups is 10. The number of hydrogen-bond acceptors (Lipinski definition) is 19. The molecule has 0 saturated carbocycles. The second-order valence-electron chi connectivity index (χ2n) is 16.2. The third-order valence-electron chi connectivity index (χ3n) is 10.8. The minimum absolute atomic E-state index is 0.0467. The molecule has 0 aliphatic carbocycles. The van der Waals surface area contributed by atoms with Gasteiger partial charge < -0.3 is 89.7 Å². The Labute approximate surface area is 393 Å². The van der Waals surface area contributed by atoms with Crippen LogP contribution in [-0.4, -0.2) is 175 Å². The summed E-state index contributed by atoms with van der Waals surface area (Å²) in [5, 5.41) is 89.1. The number of aliphatic hydroxyl groups excluding tert-OH is 5. The molecule has 8 amide bonds. The van der Waals surface area contributed by atoms with Crippen LogP contribution < -0.4 is 54.0 Å². The van der Waals surface area contributed by atoms with E-state index < -0.39 is 158 Å². The van der Waals surface area contributed by atoms with Crippen molar-refractivity contribution in [1.82, 2.24) is 31.9 Å². The number of benzene rings is 2. The smallest absolute Gasteiger partial charge is 0.246 e. The molecule has 0 aromatic heterocycles. The summed E-state index contributed by atoms with van der Waals surface area (Å²) in [5.41, 5.74) is 10.4. The molecular formula is C42H58N10O17. The number of rotatable bonds is 6. The van der Waals surface area contributed by atoms with Crippen molar-refractivity contribution in [2.45, 2.75) is 88.7 Å². The topological polar surface area (TPSA) is 461 Å². The van der Waals surface area contributed by atoms with Gasteiger partial charge >= 0.3 is 0 Å². The fourth-order valence-corrected chi connectivity index (χ4v) is 6.52. The molecule has 69 heavy (non-hydrogen) atoms. The minimum atomic E-state index is -2.16. The zero-order chi connectivity index (χ0) is 52.0. The van der Waals surface area contributed by atoms with Gasteiger partial charge in [-0.1, -0.05) is 13.8 Å². The highest BCUT2D eigenvalue weighted by molar-refractivity contribution is 6.09. The summed E-state index contributed by atoms with van der Waals surface area (Å²) >= 11 is 0. The summed E-state index contributed by atoms with van der Waals surface area (Å²) in [7, 11) is 0. The molecule has 0 spiro atoms. The van der Waals surface area contributed by atoms with E-state index in [-0.39, 0.29) is 34.0 Å². The highest BCUT2D eigenvalue weighted by Crippen LogP contribution is 2.27. The summed E-state index contributed by atoms with van der Waals surface area (Å²) in [5.74, 6) is -11.2. The molecule has 2 heterocycles. The Balaban J connectivity index is 0.000000365. The Morgan fingerprint density at radius 1 is 0.638 bits per heavy atom. The molecular weight excluding hydrogens is 917 g/mol. The maximum atomic E-state index is 13.2. The van der Waals surface area contributed by atoms with Crippen LogP contribution in [0.4, 0.5) is 11.4 Å². The van der Waals surface area contributed by atoms with Gasteiger partial charge in [0.2, 0.25) is 47.3 Å². The number of anilines is 2. The van der Waals surface area contributed by atoms with Gasteiger partial charge in [-0.2, -0.15) is 0 Å². The van der Waals surface area contributed by atoms with Crippen LogP contribution >= 0.6 is 0 Å². The molecule has 378 valence electrons. The predicted molar refractivity (Wildman–Crippen MR) is 238 cm³/mol. The van der Waals surface area contributed by atoms with Crippen molar-refractivity contribution in [3.8, 4) is 11.5 Å². The number of phenolic OH excluding ortho intramolecular Hbond substituents is 2. The number of nitrogens with two attached hydrogens (primary N) is 2. The van der Waals surface area contributed by atoms with Gasteiger partial charge in [-0.15, -0.1) is 0 Å². The highest BCUT2D eigenvalue weighted by atomic mass is 16.3. The van der Waals surface area contributed by atoms with Crippen molar-refractivity contribution < 1.29 is 83.7 Å². The minimum Gasteiger partial charge on any atom is -0.508 e. The van der Waals surface area contributed by atoms with Crippen molar-refractivity contribution in [3.63, 3.8) is 0 Å². The van der Waals surface area contributed by atoms with Crippen LogP contribution in [0.25, 0.3) is 0 Å². The molecule has 11 atom stereocenters. The summed E-state index contributed by atoms with van der Waals surface area (Å²) in [6.07, 6.45) is -6.10. The monoisotopic (exact) mass is 974 g/mol. The van der Waals surface area contributed by atoms with Crippen LogP contribution in [-0.2, 0) is 38.4 Å². The van der Waals surface area contributed by atoms with Crippen molar-refractivity contribution in [2.24, 2.45) is 23.3 Å². The first-order valence-electron chi connectivity index (χ1n) is 21.2. The number of fused-ring (bicyclic) bond motifs is 2. The lowest BCUT2D eigenvalue weighted by molar-refractivity contribution is -0.134. The van der Waals surface area contributed by atoms with Crippen molar-refractivity contribution in [3.05, 3.63) is 47.5 Å². The van der Waals surface area contributed by atoms with Crippen molar-refractivity contribution in [2.75, 3.05) is 36.9 Å². The molecule has 0 bridgehead atoms. The number of aromatic hydroxyl groups is 2. The maximum Gasteiger partial charge on any atom is 0.246 e. The van der Waals surface area contributed by atoms with Crippen molar-refractivity contribution in [1.29, 1.82) is 0 Å². The van der Waals surface area contributed by atoms with E-state index in [2.05, 4.69) is 42.5 Å².